The topological polar surface area (TPSA) is 50.3 Å². The second-order valence-electron chi connectivity index (χ2n) is 4.78. The number of rotatable bonds is 4. The van der Waals surface area contributed by atoms with Gasteiger partial charge in [0.15, 0.2) is 0 Å². The number of aryl methyl sites for hydroxylation is 2. The van der Waals surface area contributed by atoms with Crippen LogP contribution in [0.3, 0.4) is 0 Å². The van der Waals surface area contributed by atoms with E-state index in [9.17, 15) is 0 Å². The van der Waals surface area contributed by atoms with Crippen molar-refractivity contribution < 1.29 is 4.74 Å². The molecule has 1 aliphatic heterocycles. The Labute approximate surface area is 109 Å². The molecule has 1 aliphatic rings. The summed E-state index contributed by atoms with van der Waals surface area (Å²) in [6.45, 7) is 7.62. The summed E-state index contributed by atoms with van der Waals surface area (Å²) in [5.41, 5.74) is 1.08. The zero-order valence-corrected chi connectivity index (χ0v) is 11.4. The molecule has 1 unspecified atom stereocenters. The summed E-state index contributed by atoms with van der Waals surface area (Å²) in [6, 6.07) is 2.01. The van der Waals surface area contributed by atoms with Crippen LogP contribution in [-0.2, 0) is 11.2 Å². The molecular weight excluding hydrogens is 228 g/mol. The first kappa shape index (κ1) is 13.2. The van der Waals surface area contributed by atoms with Gasteiger partial charge in [0.1, 0.15) is 11.6 Å². The molecule has 1 N–H and O–H groups in total. The first-order chi connectivity index (χ1) is 8.67. The van der Waals surface area contributed by atoms with Crippen molar-refractivity contribution in [3.05, 3.63) is 17.6 Å². The van der Waals surface area contributed by atoms with Crippen LogP contribution in [0.4, 0.5) is 5.82 Å². The maximum atomic E-state index is 5.71. The predicted octanol–water partition coefficient (Wildman–Crippen LogP) is 1.09. The largest absolute Gasteiger partial charge is 0.374 e. The van der Waals surface area contributed by atoms with E-state index in [4.69, 9.17) is 4.74 Å². The average molecular weight is 250 g/mol. The Morgan fingerprint density at radius 2 is 2.33 bits per heavy atom. The van der Waals surface area contributed by atoms with Gasteiger partial charge in [0, 0.05) is 31.4 Å². The Morgan fingerprint density at radius 3 is 3.06 bits per heavy atom. The van der Waals surface area contributed by atoms with Gasteiger partial charge in [-0.1, -0.05) is 6.92 Å². The quantitative estimate of drug-likeness (QED) is 0.867. The lowest BCUT2D eigenvalue weighted by molar-refractivity contribution is -0.0117. The van der Waals surface area contributed by atoms with Gasteiger partial charge in [-0.25, -0.2) is 9.97 Å². The van der Waals surface area contributed by atoms with Crippen molar-refractivity contribution in [2.24, 2.45) is 0 Å². The average Bonchev–Trinajstić information content (AvgIpc) is 2.36. The first-order valence-corrected chi connectivity index (χ1v) is 6.56. The Bertz CT molecular complexity index is 397. The van der Waals surface area contributed by atoms with Crippen LogP contribution in [0.5, 0.6) is 0 Å². The molecule has 2 rings (SSSR count). The van der Waals surface area contributed by atoms with Crippen LogP contribution in [0.1, 0.15) is 18.4 Å². The summed E-state index contributed by atoms with van der Waals surface area (Å²) in [5.74, 6) is 1.72. The smallest absolute Gasteiger partial charge is 0.130 e. The maximum absolute atomic E-state index is 5.71. The number of anilines is 1. The van der Waals surface area contributed by atoms with Gasteiger partial charge in [-0.3, -0.25) is 0 Å². The summed E-state index contributed by atoms with van der Waals surface area (Å²) >= 11 is 0. The SMILES string of the molecule is CCc1cc(NCC2CN(C)CCO2)nc(C)n1. The molecule has 5 nitrogen and oxygen atoms in total. The van der Waals surface area contributed by atoms with Gasteiger partial charge in [-0.15, -0.1) is 0 Å². The fourth-order valence-electron chi connectivity index (χ4n) is 2.11. The van der Waals surface area contributed by atoms with Gasteiger partial charge in [0.05, 0.1) is 12.7 Å². The number of nitrogens with one attached hydrogen (secondary N) is 1. The van der Waals surface area contributed by atoms with E-state index < -0.39 is 0 Å². The first-order valence-electron chi connectivity index (χ1n) is 6.56. The fraction of sp³-hybridized carbons (Fsp3) is 0.692. The highest BCUT2D eigenvalue weighted by Gasteiger charge is 2.17. The molecule has 2 heterocycles. The van der Waals surface area contributed by atoms with E-state index in [1.807, 2.05) is 13.0 Å². The van der Waals surface area contributed by atoms with E-state index in [-0.39, 0.29) is 6.10 Å². The summed E-state index contributed by atoms with van der Waals surface area (Å²) < 4.78 is 5.71. The standard InChI is InChI=1S/C13H22N4O/c1-4-11-7-13(16-10(2)15-11)14-8-12-9-17(3)5-6-18-12/h7,12H,4-6,8-9H2,1-3H3,(H,14,15,16). The van der Waals surface area contributed by atoms with Crippen molar-refractivity contribution in [3.8, 4) is 0 Å². The number of likely N-dealkylation sites (N-methyl/N-ethyl adjacent to an activating group) is 1. The second kappa shape index (κ2) is 6.11. The predicted molar refractivity (Wildman–Crippen MR) is 71.9 cm³/mol. The van der Waals surface area contributed by atoms with Gasteiger partial charge >= 0.3 is 0 Å². The van der Waals surface area contributed by atoms with Crippen LogP contribution in [0.2, 0.25) is 0 Å². The van der Waals surface area contributed by atoms with Crippen molar-refractivity contribution in [2.75, 3.05) is 38.6 Å². The molecule has 0 radical (unpaired) electrons. The van der Waals surface area contributed by atoms with E-state index in [1.165, 1.54) is 0 Å². The monoisotopic (exact) mass is 250 g/mol. The van der Waals surface area contributed by atoms with Gasteiger partial charge < -0.3 is 15.0 Å². The highest BCUT2D eigenvalue weighted by Crippen LogP contribution is 2.09. The van der Waals surface area contributed by atoms with Gasteiger partial charge in [-0.05, 0) is 20.4 Å². The molecule has 0 aliphatic carbocycles. The lowest BCUT2D eigenvalue weighted by Gasteiger charge is -2.30. The zero-order valence-electron chi connectivity index (χ0n) is 11.4. The molecule has 0 bridgehead atoms. The van der Waals surface area contributed by atoms with Crippen LogP contribution in [0, 0.1) is 6.92 Å². The minimum absolute atomic E-state index is 0.240. The molecule has 0 saturated carbocycles. The van der Waals surface area contributed by atoms with Crippen molar-refractivity contribution in [1.29, 1.82) is 0 Å². The Morgan fingerprint density at radius 1 is 1.50 bits per heavy atom. The molecule has 100 valence electrons. The molecule has 1 fully saturated rings. The van der Waals surface area contributed by atoms with E-state index in [1.54, 1.807) is 0 Å². The minimum Gasteiger partial charge on any atom is -0.374 e. The molecule has 0 spiro atoms. The molecule has 1 saturated heterocycles. The molecule has 5 heteroatoms. The van der Waals surface area contributed by atoms with Crippen LogP contribution in [-0.4, -0.2) is 54.3 Å². The third-order valence-electron chi connectivity index (χ3n) is 3.11. The number of hydrogen-bond donors (Lipinski definition) is 1. The summed E-state index contributed by atoms with van der Waals surface area (Å²) in [7, 11) is 2.12. The normalized spacial score (nSPS) is 20.9. The van der Waals surface area contributed by atoms with Crippen LogP contribution in [0.25, 0.3) is 0 Å². The summed E-state index contributed by atoms with van der Waals surface area (Å²) in [5, 5.41) is 3.35. The fourth-order valence-corrected chi connectivity index (χ4v) is 2.11. The Balaban J connectivity index is 1.91. The maximum Gasteiger partial charge on any atom is 0.130 e. The highest BCUT2D eigenvalue weighted by atomic mass is 16.5. The molecule has 1 aromatic rings. The van der Waals surface area contributed by atoms with Crippen LogP contribution >= 0.6 is 0 Å². The summed E-state index contributed by atoms with van der Waals surface area (Å²) in [6.07, 6.45) is 1.17. The molecule has 18 heavy (non-hydrogen) atoms. The third-order valence-corrected chi connectivity index (χ3v) is 3.11. The van der Waals surface area contributed by atoms with Gasteiger partial charge in [0.25, 0.3) is 0 Å². The van der Waals surface area contributed by atoms with Crippen molar-refractivity contribution >= 4 is 5.82 Å². The number of hydrogen-bond acceptors (Lipinski definition) is 5. The van der Waals surface area contributed by atoms with E-state index in [0.29, 0.717) is 0 Å². The van der Waals surface area contributed by atoms with Crippen LogP contribution < -0.4 is 5.32 Å². The minimum atomic E-state index is 0.240. The molecule has 1 atom stereocenters. The molecule has 0 amide bonds. The van der Waals surface area contributed by atoms with Crippen molar-refractivity contribution in [3.63, 3.8) is 0 Å². The van der Waals surface area contributed by atoms with Crippen molar-refractivity contribution in [2.45, 2.75) is 26.4 Å². The Hall–Kier alpha value is -1.20. The van der Waals surface area contributed by atoms with Gasteiger partial charge in [0.2, 0.25) is 0 Å². The molecule has 1 aromatic heterocycles. The summed E-state index contributed by atoms with van der Waals surface area (Å²) in [4.78, 5) is 11.1. The number of aromatic nitrogens is 2. The Kier molecular flexibility index (Phi) is 4.49. The number of nitrogens with zero attached hydrogens (tertiary/aromatic N) is 3. The lowest BCUT2D eigenvalue weighted by atomic mass is 10.2. The van der Waals surface area contributed by atoms with E-state index in [2.05, 4.69) is 34.2 Å². The number of ether oxygens (including phenoxy) is 1. The third kappa shape index (κ3) is 3.65. The zero-order chi connectivity index (χ0) is 13.0. The van der Waals surface area contributed by atoms with E-state index >= 15 is 0 Å². The highest BCUT2D eigenvalue weighted by molar-refractivity contribution is 5.36. The van der Waals surface area contributed by atoms with Crippen LogP contribution in [0.15, 0.2) is 6.07 Å². The van der Waals surface area contributed by atoms with Gasteiger partial charge in [-0.2, -0.15) is 0 Å². The lowest BCUT2D eigenvalue weighted by Crippen LogP contribution is -2.43. The molecule has 0 aromatic carbocycles. The van der Waals surface area contributed by atoms with Crippen molar-refractivity contribution in [1.82, 2.24) is 14.9 Å². The number of morpholine rings is 1. The van der Waals surface area contributed by atoms with E-state index in [0.717, 1.165) is 50.0 Å². The molecular formula is C13H22N4O. The second-order valence-corrected chi connectivity index (χ2v) is 4.78.